The lowest BCUT2D eigenvalue weighted by Crippen LogP contribution is -2.50. The molecule has 2 aliphatic rings. The zero-order chi connectivity index (χ0) is 33.4. The van der Waals surface area contributed by atoms with Crippen LogP contribution in [-0.2, 0) is 45.2 Å². The fraction of sp³-hybridized carbons (Fsp3) is 0.302. The number of hydrogen-bond donors (Lipinski definition) is 0. The van der Waals surface area contributed by atoms with Crippen LogP contribution >= 0.6 is 22.9 Å². The number of allylic oxidation sites excluding steroid dienone is 2. The van der Waals surface area contributed by atoms with Crippen molar-refractivity contribution in [2.24, 2.45) is 5.92 Å². The first-order chi connectivity index (χ1) is 24.1. The largest absolute Gasteiger partial charge is 0.374 e. The first-order valence-electron chi connectivity index (χ1n) is 17.2. The van der Waals surface area contributed by atoms with Gasteiger partial charge in [0, 0.05) is 27.5 Å². The molecule has 5 atom stereocenters. The smallest absolute Gasteiger partial charge is 0.108 e. The average molecular weight is 691 g/mol. The molecule has 7 rings (SSSR count). The monoisotopic (exact) mass is 690 g/mol. The standard InChI is InChI=1S/C43H43ClO4S/c1-30-21-36(29-45-26-31-13-5-2-6-14-31)48-43(42(30)47-28-33-17-9-4-10-18-33)38-24-35(23-37-22-34-19-11-12-20-41(34)49-37)39(44)25-40(38)46-27-32-15-7-3-8-16-32/h2-20,22,24,30,36,40,42-43H,21,23,25-29H2,1H3/t30-,36?,40?,42-,43-/m0/s1. The van der Waals surface area contributed by atoms with E-state index in [2.05, 4.69) is 91.9 Å². The minimum absolute atomic E-state index is 0.0802. The van der Waals surface area contributed by atoms with Crippen molar-refractivity contribution in [3.8, 4) is 0 Å². The van der Waals surface area contributed by atoms with Crippen LogP contribution in [0.3, 0.4) is 0 Å². The van der Waals surface area contributed by atoms with E-state index in [-0.39, 0.29) is 30.3 Å². The normalized spacial score (nSPS) is 22.7. The van der Waals surface area contributed by atoms with Gasteiger partial charge in [-0.1, -0.05) is 134 Å². The van der Waals surface area contributed by atoms with Crippen LogP contribution in [0.5, 0.6) is 0 Å². The molecule has 2 unspecified atom stereocenters. The summed E-state index contributed by atoms with van der Waals surface area (Å²) in [6.07, 6.45) is 3.65. The second-order valence-electron chi connectivity index (χ2n) is 13.1. The Hall–Kier alpha value is -3.55. The van der Waals surface area contributed by atoms with Gasteiger partial charge in [0.15, 0.2) is 0 Å². The molecule has 0 radical (unpaired) electrons. The van der Waals surface area contributed by atoms with Crippen LogP contribution in [-0.4, -0.2) is 31.0 Å². The highest BCUT2D eigenvalue weighted by Crippen LogP contribution is 2.40. The molecule has 1 fully saturated rings. The summed E-state index contributed by atoms with van der Waals surface area (Å²) >= 11 is 8.97. The molecular formula is C43H43ClO4S. The number of hydrogen-bond acceptors (Lipinski definition) is 5. The Morgan fingerprint density at radius 3 is 2.04 bits per heavy atom. The first-order valence-corrected chi connectivity index (χ1v) is 18.4. The Kier molecular flexibility index (Phi) is 11.4. The molecule has 6 heteroatoms. The molecule has 0 amide bonds. The summed E-state index contributed by atoms with van der Waals surface area (Å²) < 4.78 is 28.1. The molecule has 4 aromatic carbocycles. The van der Waals surface area contributed by atoms with Crippen LogP contribution in [0.1, 0.15) is 41.3 Å². The van der Waals surface area contributed by atoms with Gasteiger partial charge in [-0.15, -0.1) is 11.3 Å². The van der Waals surface area contributed by atoms with Gasteiger partial charge in [-0.25, -0.2) is 0 Å². The summed E-state index contributed by atoms with van der Waals surface area (Å²) in [5.74, 6) is 0.232. The van der Waals surface area contributed by atoms with Gasteiger partial charge in [0.2, 0.25) is 0 Å². The van der Waals surface area contributed by atoms with Gasteiger partial charge in [-0.05, 0) is 57.7 Å². The fourth-order valence-corrected chi connectivity index (χ4v) is 8.25. The molecule has 2 heterocycles. The lowest BCUT2D eigenvalue weighted by molar-refractivity contribution is -0.173. The fourth-order valence-electron chi connectivity index (χ4n) is 6.90. The van der Waals surface area contributed by atoms with Gasteiger partial charge in [0.1, 0.15) is 6.10 Å². The van der Waals surface area contributed by atoms with E-state index in [1.807, 2.05) is 53.8 Å². The molecule has 5 aromatic rings. The zero-order valence-corrected chi connectivity index (χ0v) is 29.5. The minimum Gasteiger partial charge on any atom is -0.374 e. The van der Waals surface area contributed by atoms with Crippen molar-refractivity contribution in [2.75, 3.05) is 6.61 Å². The Labute approximate surface area is 298 Å². The molecule has 1 aliphatic carbocycles. The van der Waals surface area contributed by atoms with Crippen molar-refractivity contribution in [1.82, 2.24) is 0 Å². The van der Waals surface area contributed by atoms with E-state index in [1.165, 1.54) is 15.0 Å². The van der Waals surface area contributed by atoms with E-state index in [0.29, 0.717) is 32.8 Å². The third-order valence-corrected chi connectivity index (χ3v) is 10.9. The maximum atomic E-state index is 7.14. The van der Waals surface area contributed by atoms with Crippen LogP contribution in [0.4, 0.5) is 0 Å². The maximum absolute atomic E-state index is 7.14. The van der Waals surface area contributed by atoms with E-state index >= 15 is 0 Å². The zero-order valence-electron chi connectivity index (χ0n) is 27.9. The molecule has 49 heavy (non-hydrogen) atoms. The van der Waals surface area contributed by atoms with Crippen LogP contribution in [0.2, 0.25) is 0 Å². The van der Waals surface area contributed by atoms with E-state index in [1.54, 1.807) is 0 Å². The third-order valence-electron chi connectivity index (χ3n) is 9.42. The highest BCUT2D eigenvalue weighted by molar-refractivity contribution is 7.19. The second-order valence-corrected chi connectivity index (χ2v) is 14.8. The summed E-state index contributed by atoms with van der Waals surface area (Å²) in [6.45, 7) is 4.34. The number of thiophene rings is 1. The molecule has 252 valence electrons. The van der Waals surface area contributed by atoms with Gasteiger partial charge in [-0.2, -0.15) is 0 Å². The van der Waals surface area contributed by atoms with Crippen molar-refractivity contribution < 1.29 is 18.9 Å². The molecule has 4 nitrogen and oxygen atoms in total. The van der Waals surface area contributed by atoms with Crippen LogP contribution in [0.25, 0.3) is 10.1 Å². The minimum atomic E-state index is -0.319. The van der Waals surface area contributed by atoms with E-state index in [9.17, 15) is 0 Å². The predicted octanol–water partition coefficient (Wildman–Crippen LogP) is 10.4. The summed E-state index contributed by atoms with van der Waals surface area (Å²) in [5.41, 5.74) is 5.63. The molecule has 1 saturated heterocycles. The van der Waals surface area contributed by atoms with Gasteiger partial charge in [0.05, 0.1) is 44.7 Å². The predicted molar refractivity (Wildman–Crippen MR) is 200 cm³/mol. The molecule has 0 saturated carbocycles. The SMILES string of the molecule is C[C@H]1CC(COCc2ccccc2)O[C@@H](C2=CC(Cc3cc4ccccc4s3)=C(Cl)CC2OCc2ccccc2)[C@H]1OCc1ccccc1. The van der Waals surface area contributed by atoms with Gasteiger partial charge < -0.3 is 18.9 Å². The molecule has 0 spiro atoms. The molecular weight excluding hydrogens is 648 g/mol. The lowest BCUT2D eigenvalue weighted by atomic mass is 9.82. The van der Waals surface area contributed by atoms with Crippen molar-refractivity contribution in [3.05, 3.63) is 165 Å². The summed E-state index contributed by atoms with van der Waals surface area (Å²) in [4.78, 5) is 1.29. The van der Waals surface area contributed by atoms with Crippen molar-refractivity contribution in [3.63, 3.8) is 0 Å². The van der Waals surface area contributed by atoms with Crippen molar-refractivity contribution >= 4 is 33.0 Å². The molecule has 1 aliphatic heterocycles. The quantitative estimate of drug-likeness (QED) is 0.123. The number of halogens is 1. The third kappa shape index (κ3) is 8.79. The summed E-state index contributed by atoms with van der Waals surface area (Å²) in [5, 5.41) is 2.10. The number of ether oxygens (including phenoxy) is 4. The van der Waals surface area contributed by atoms with Gasteiger partial charge >= 0.3 is 0 Å². The Balaban J connectivity index is 1.18. The molecule has 0 bridgehead atoms. The first kappa shape index (κ1) is 33.9. The molecule has 0 N–H and O–H groups in total. The number of rotatable bonds is 13. The second kappa shape index (κ2) is 16.4. The van der Waals surface area contributed by atoms with Gasteiger partial charge in [-0.3, -0.25) is 0 Å². The summed E-state index contributed by atoms with van der Waals surface area (Å²) in [6, 6.07) is 41.8. The topological polar surface area (TPSA) is 36.9 Å². The maximum Gasteiger partial charge on any atom is 0.108 e. The molecule has 1 aromatic heterocycles. The van der Waals surface area contributed by atoms with Gasteiger partial charge in [0.25, 0.3) is 0 Å². The Morgan fingerprint density at radius 2 is 1.37 bits per heavy atom. The number of fused-ring (bicyclic) bond motifs is 1. The van der Waals surface area contributed by atoms with Crippen molar-refractivity contribution in [2.45, 2.75) is 70.4 Å². The van der Waals surface area contributed by atoms with Crippen LogP contribution in [0.15, 0.2) is 144 Å². The average Bonchev–Trinajstić information content (AvgIpc) is 3.55. The number of benzene rings is 4. The highest BCUT2D eigenvalue weighted by Gasteiger charge is 2.43. The highest BCUT2D eigenvalue weighted by atomic mass is 35.5. The Morgan fingerprint density at radius 1 is 0.755 bits per heavy atom. The van der Waals surface area contributed by atoms with E-state index in [0.717, 1.165) is 45.7 Å². The van der Waals surface area contributed by atoms with E-state index in [4.69, 9.17) is 30.5 Å². The van der Waals surface area contributed by atoms with E-state index < -0.39 is 0 Å². The Bertz CT molecular complexity index is 1820. The van der Waals surface area contributed by atoms with Crippen LogP contribution < -0.4 is 0 Å². The van der Waals surface area contributed by atoms with Crippen molar-refractivity contribution in [1.29, 1.82) is 0 Å². The summed E-state index contributed by atoms with van der Waals surface area (Å²) in [7, 11) is 0. The lowest BCUT2D eigenvalue weighted by Gasteiger charge is -2.44. The van der Waals surface area contributed by atoms with Crippen LogP contribution in [0, 0.1) is 5.92 Å².